The van der Waals surface area contributed by atoms with Crippen LogP contribution in [0.1, 0.15) is 228 Å². The standard InChI is InChI=1S/C84H98O2/c1-77(2,3)61-27-39-67(40-28-61)83(68-41-29-62(30-42-68)78(4,5)6,69-43-31-63(32-44-69)79(7,8)9)73-51-55-75(56-52-73)85-59-25-23-21-19-20-22-24-26-60-86-76-57-53-74(54-58-76)84(70-45-33-64(34-46-70)80(10,11)12,71-47-35-65(36-48-71)81(13,14)15)72-49-37-66(38-50-72)82(16,17)18/h27-58H,23-26,59-60H2,1-18H3. The van der Waals surface area contributed by atoms with E-state index in [0.717, 1.165) is 24.3 Å². The molecule has 0 spiro atoms. The Hall–Kier alpha value is -7.52. The first kappa shape index (κ1) is 64.5. The molecule has 8 aromatic carbocycles. The molecular weight excluding hydrogens is 1040 g/mol. The van der Waals surface area contributed by atoms with Crippen LogP contribution in [0, 0.1) is 23.7 Å². The lowest BCUT2D eigenvalue weighted by Gasteiger charge is -2.38. The lowest BCUT2D eigenvalue weighted by atomic mass is 9.64. The average molecular weight is 1140 g/mol. The topological polar surface area (TPSA) is 18.5 Å². The highest BCUT2D eigenvalue weighted by molar-refractivity contribution is 5.63. The van der Waals surface area contributed by atoms with E-state index in [1.807, 2.05) is 0 Å². The van der Waals surface area contributed by atoms with Gasteiger partial charge >= 0.3 is 0 Å². The van der Waals surface area contributed by atoms with Crippen LogP contribution in [0.3, 0.4) is 0 Å². The molecule has 0 aromatic heterocycles. The van der Waals surface area contributed by atoms with Crippen molar-refractivity contribution in [3.05, 3.63) is 272 Å². The van der Waals surface area contributed by atoms with Crippen LogP contribution in [0.5, 0.6) is 11.5 Å². The zero-order valence-corrected chi connectivity index (χ0v) is 55.5. The molecule has 86 heavy (non-hydrogen) atoms. The molecule has 446 valence electrons. The largest absolute Gasteiger partial charge is 0.494 e. The van der Waals surface area contributed by atoms with E-state index in [1.54, 1.807) is 0 Å². The Kier molecular flexibility index (Phi) is 19.4. The van der Waals surface area contributed by atoms with Gasteiger partial charge in [-0.25, -0.2) is 0 Å². The maximum Gasteiger partial charge on any atom is 0.119 e. The van der Waals surface area contributed by atoms with E-state index >= 15 is 0 Å². The fourth-order valence-corrected chi connectivity index (χ4v) is 11.8. The van der Waals surface area contributed by atoms with Gasteiger partial charge in [-0.1, -0.05) is 306 Å². The quantitative estimate of drug-likeness (QED) is 0.0545. The summed E-state index contributed by atoms with van der Waals surface area (Å²) in [7, 11) is 0. The first-order valence-corrected chi connectivity index (χ1v) is 31.5. The van der Waals surface area contributed by atoms with E-state index in [1.165, 1.54) is 77.9 Å². The highest BCUT2D eigenvalue weighted by Crippen LogP contribution is 2.49. The molecule has 8 aromatic rings. The zero-order valence-electron chi connectivity index (χ0n) is 55.5. The highest BCUT2D eigenvalue weighted by Gasteiger charge is 2.41. The predicted octanol–water partition coefficient (Wildman–Crippen LogP) is 21.3. The third-order valence-corrected chi connectivity index (χ3v) is 17.3. The van der Waals surface area contributed by atoms with Crippen molar-refractivity contribution >= 4 is 0 Å². The van der Waals surface area contributed by atoms with Crippen molar-refractivity contribution in [1.82, 2.24) is 0 Å². The Morgan fingerprint density at radius 1 is 0.221 bits per heavy atom. The van der Waals surface area contributed by atoms with Gasteiger partial charge in [-0.15, -0.1) is 0 Å². The minimum atomic E-state index is -0.575. The second-order valence-electron chi connectivity index (χ2n) is 30.0. The van der Waals surface area contributed by atoms with Gasteiger partial charge < -0.3 is 9.47 Å². The van der Waals surface area contributed by atoms with Crippen LogP contribution < -0.4 is 9.47 Å². The fourth-order valence-electron chi connectivity index (χ4n) is 11.8. The lowest BCUT2D eigenvalue weighted by Crippen LogP contribution is -2.31. The van der Waals surface area contributed by atoms with Gasteiger partial charge in [-0.3, -0.25) is 0 Å². The van der Waals surface area contributed by atoms with Crippen LogP contribution in [0.15, 0.2) is 194 Å². The second-order valence-corrected chi connectivity index (χ2v) is 30.0. The van der Waals surface area contributed by atoms with Crippen molar-refractivity contribution in [1.29, 1.82) is 0 Å². The van der Waals surface area contributed by atoms with Crippen molar-refractivity contribution in [2.45, 2.75) is 194 Å². The molecule has 0 fully saturated rings. The molecule has 0 atom stereocenters. The Morgan fingerprint density at radius 3 is 0.535 bits per heavy atom. The van der Waals surface area contributed by atoms with Crippen LogP contribution in [0.2, 0.25) is 0 Å². The molecular formula is C84H98O2. The van der Waals surface area contributed by atoms with Gasteiger partial charge in [0.2, 0.25) is 0 Å². The summed E-state index contributed by atoms with van der Waals surface area (Å²) in [6.07, 6.45) is 3.04. The second kappa shape index (κ2) is 25.8. The van der Waals surface area contributed by atoms with Gasteiger partial charge in [0.1, 0.15) is 11.5 Å². The van der Waals surface area contributed by atoms with Crippen molar-refractivity contribution in [3.8, 4) is 35.2 Å². The van der Waals surface area contributed by atoms with E-state index in [0.29, 0.717) is 26.1 Å². The van der Waals surface area contributed by atoms with Crippen LogP contribution >= 0.6 is 0 Å². The Bertz CT molecular complexity index is 3080. The van der Waals surface area contributed by atoms with E-state index in [2.05, 4.69) is 342 Å². The molecule has 0 amide bonds. The van der Waals surface area contributed by atoms with Crippen LogP contribution in [-0.4, -0.2) is 13.2 Å². The molecule has 2 heteroatoms. The molecule has 0 bridgehead atoms. The van der Waals surface area contributed by atoms with Gasteiger partial charge in [0.25, 0.3) is 0 Å². The molecule has 0 saturated heterocycles. The number of hydrogen-bond acceptors (Lipinski definition) is 2. The third kappa shape index (κ3) is 14.8. The monoisotopic (exact) mass is 1140 g/mol. The molecule has 0 aliphatic rings. The number of hydrogen-bond donors (Lipinski definition) is 0. The van der Waals surface area contributed by atoms with Crippen molar-refractivity contribution in [3.63, 3.8) is 0 Å². The van der Waals surface area contributed by atoms with Crippen LogP contribution in [-0.2, 0) is 43.3 Å². The number of ether oxygens (including phenoxy) is 2. The third-order valence-electron chi connectivity index (χ3n) is 17.3. The molecule has 2 nitrogen and oxygen atoms in total. The smallest absolute Gasteiger partial charge is 0.119 e. The summed E-state index contributed by atoms with van der Waals surface area (Å²) < 4.78 is 12.7. The van der Waals surface area contributed by atoms with Gasteiger partial charge in [0.15, 0.2) is 0 Å². The van der Waals surface area contributed by atoms with E-state index < -0.39 is 10.8 Å². The minimum absolute atomic E-state index is 0.0370. The van der Waals surface area contributed by atoms with Gasteiger partial charge in [-0.05, 0) is 159 Å². The minimum Gasteiger partial charge on any atom is -0.494 e. The number of benzene rings is 8. The lowest BCUT2D eigenvalue weighted by molar-refractivity contribution is 0.312. The van der Waals surface area contributed by atoms with Gasteiger partial charge in [0, 0.05) is 12.8 Å². The maximum absolute atomic E-state index is 6.37. The summed E-state index contributed by atoms with van der Waals surface area (Å²) in [5, 5.41) is 0. The van der Waals surface area contributed by atoms with Crippen molar-refractivity contribution in [2.75, 3.05) is 13.2 Å². The summed E-state index contributed by atoms with van der Waals surface area (Å²) in [4.78, 5) is 0. The molecule has 0 heterocycles. The fraction of sp³-hybridized carbons (Fsp3) is 0.381. The van der Waals surface area contributed by atoms with Crippen LogP contribution in [0.25, 0.3) is 0 Å². The summed E-state index contributed by atoms with van der Waals surface area (Å²) >= 11 is 0. The average Bonchev–Trinajstić information content (AvgIpc) is 0.772. The van der Waals surface area contributed by atoms with E-state index in [9.17, 15) is 0 Å². The summed E-state index contributed by atoms with van der Waals surface area (Å²) in [6.45, 7) is 42.2. The van der Waals surface area contributed by atoms with Crippen molar-refractivity contribution in [2.24, 2.45) is 0 Å². The maximum atomic E-state index is 6.37. The summed E-state index contributed by atoms with van der Waals surface area (Å²) in [6, 6.07) is 73.6. The first-order valence-electron chi connectivity index (χ1n) is 31.5. The van der Waals surface area contributed by atoms with E-state index in [-0.39, 0.29) is 32.5 Å². The predicted molar refractivity (Wildman–Crippen MR) is 367 cm³/mol. The Labute approximate surface area is 520 Å². The molecule has 0 saturated carbocycles. The molecule has 0 radical (unpaired) electrons. The SMILES string of the molecule is CC(C)(C)c1ccc(C(c2ccc(OCCCC#CC#CCCCOc3ccc(C(c4ccc(C(C)(C)C)cc4)(c4ccc(C(C)(C)C)cc4)c4ccc(C(C)(C)C)cc4)cc3)cc2)(c2ccc(C(C)(C)C)cc2)c2ccc(C(C)(C)C)cc2)cc1. The van der Waals surface area contributed by atoms with Gasteiger partial charge in [-0.2, -0.15) is 0 Å². The zero-order chi connectivity index (χ0) is 62.4. The Balaban J connectivity index is 0.921. The summed E-state index contributed by atoms with van der Waals surface area (Å²) in [5.74, 6) is 14.4. The molecule has 8 rings (SSSR count). The molecule has 0 aliphatic carbocycles. The van der Waals surface area contributed by atoms with Crippen molar-refractivity contribution < 1.29 is 9.47 Å². The first-order chi connectivity index (χ1) is 40.4. The highest BCUT2D eigenvalue weighted by atomic mass is 16.5. The number of unbranched alkanes of at least 4 members (excludes halogenated alkanes) is 2. The molecule has 0 unspecified atom stereocenters. The summed E-state index contributed by atoms with van der Waals surface area (Å²) in [5.41, 5.74) is 16.7. The normalized spacial score (nSPS) is 12.6. The van der Waals surface area contributed by atoms with Gasteiger partial charge in [0.05, 0.1) is 24.0 Å². The molecule has 0 N–H and O–H groups in total. The number of rotatable bonds is 16. The molecule has 0 aliphatic heterocycles. The van der Waals surface area contributed by atoms with E-state index in [4.69, 9.17) is 9.47 Å². The van der Waals surface area contributed by atoms with Crippen LogP contribution in [0.4, 0.5) is 0 Å². The Morgan fingerprint density at radius 2 is 0.372 bits per heavy atom.